The lowest BCUT2D eigenvalue weighted by Crippen LogP contribution is -2.13. The number of aliphatic hydroxyl groups is 1. The number of benzene rings is 1. The number of aromatic nitrogens is 2. The highest BCUT2D eigenvalue weighted by molar-refractivity contribution is 6.06. The van der Waals surface area contributed by atoms with E-state index in [1.165, 1.54) is 0 Å². The van der Waals surface area contributed by atoms with Crippen molar-refractivity contribution in [3.63, 3.8) is 0 Å². The fourth-order valence-corrected chi connectivity index (χ4v) is 1.84. The molecule has 0 unspecified atom stereocenters. The monoisotopic (exact) mass is 269 g/mol. The minimum Gasteiger partial charge on any atom is -0.384 e. The summed E-state index contributed by atoms with van der Waals surface area (Å²) in [5.74, 6) is 5.07. The van der Waals surface area contributed by atoms with Crippen molar-refractivity contribution in [3.05, 3.63) is 47.3 Å². The van der Waals surface area contributed by atoms with Gasteiger partial charge in [0.15, 0.2) is 0 Å². The van der Waals surface area contributed by atoms with Crippen LogP contribution < -0.4 is 5.32 Å². The third kappa shape index (κ3) is 3.05. The third-order valence-corrected chi connectivity index (χ3v) is 2.74. The summed E-state index contributed by atoms with van der Waals surface area (Å²) >= 11 is 0. The molecule has 2 N–H and O–H groups in total. The lowest BCUT2D eigenvalue weighted by atomic mass is 10.1. The summed E-state index contributed by atoms with van der Waals surface area (Å²) < 4.78 is 1.64. The standard InChI is InChI=1S/C15H15N3O2/c1-11-14(10-18(2)17-11)16-15(20)13-8-4-3-6-12(13)7-5-9-19/h3-4,6,8,10,19H,9H2,1-2H3,(H,16,20). The van der Waals surface area contributed by atoms with Crippen LogP contribution in [0.4, 0.5) is 5.69 Å². The van der Waals surface area contributed by atoms with Crippen LogP contribution in [0.3, 0.4) is 0 Å². The molecule has 2 rings (SSSR count). The zero-order valence-electron chi connectivity index (χ0n) is 11.3. The number of rotatable bonds is 2. The summed E-state index contributed by atoms with van der Waals surface area (Å²) in [6, 6.07) is 7.01. The second-order valence-corrected chi connectivity index (χ2v) is 4.26. The number of hydrogen-bond acceptors (Lipinski definition) is 3. The molecule has 0 spiro atoms. The Kier molecular flexibility index (Phi) is 4.18. The average molecular weight is 269 g/mol. The molecule has 5 heteroatoms. The zero-order valence-corrected chi connectivity index (χ0v) is 11.3. The Balaban J connectivity index is 2.28. The first-order valence-corrected chi connectivity index (χ1v) is 6.12. The van der Waals surface area contributed by atoms with E-state index in [-0.39, 0.29) is 12.5 Å². The largest absolute Gasteiger partial charge is 0.384 e. The minimum absolute atomic E-state index is 0.238. The van der Waals surface area contributed by atoms with Crippen LogP contribution in [-0.2, 0) is 7.05 Å². The van der Waals surface area contributed by atoms with Crippen LogP contribution in [0.1, 0.15) is 21.6 Å². The van der Waals surface area contributed by atoms with Crippen molar-refractivity contribution in [2.24, 2.45) is 7.05 Å². The fourth-order valence-electron chi connectivity index (χ4n) is 1.84. The van der Waals surface area contributed by atoms with Gasteiger partial charge >= 0.3 is 0 Å². The highest BCUT2D eigenvalue weighted by atomic mass is 16.2. The van der Waals surface area contributed by atoms with E-state index in [0.29, 0.717) is 16.8 Å². The molecule has 5 nitrogen and oxygen atoms in total. The van der Waals surface area contributed by atoms with Crippen LogP contribution in [0.5, 0.6) is 0 Å². The van der Waals surface area contributed by atoms with Gasteiger partial charge in [-0.25, -0.2) is 0 Å². The van der Waals surface area contributed by atoms with Crippen molar-refractivity contribution >= 4 is 11.6 Å². The van der Waals surface area contributed by atoms with Gasteiger partial charge in [0.2, 0.25) is 0 Å². The zero-order chi connectivity index (χ0) is 14.5. The topological polar surface area (TPSA) is 67.2 Å². The normalized spacial score (nSPS) is 9.75. The predicted octanol–water partition coefficient (Wildman–Crippen LogP) is 1.32. The molecule has 1 aromatic heterocycles. The molecule has 0 fully saturated rings. The molecule has 0 saturated carbocycles. The Hall–Kier alpha value is -2.58. The van der Waals surface area contributed by atoms with Crippen molar-refractivity contribution < 1.29 is 9.90 Å². The number of nitrogens with zero attached hydrogens (tertiary/aromatic N) is 2. The highest BCUT2D eigenvalue weighted by Crippen LogP contribution is 2.15. The summed E-state index contributed by atoms with van der Waals surface area (Å²) in [6.07, 6.45) is 1.75. The summed E-state index contributed by atoms with van der Waals surface area (Å²) in [7, 11) is 1.79. The van der Waals surface area contributed by atoms with Gasteiger partial charge in [-0.15, -0.1) is 0 Å². The Morgan fingerprint density at radius 3 is 2.85 bits per heavy atom. The van der Waals surface area contributed by atoms with Gasteiger partial charge in [0.25, 0.3) is 5.91 Å². The van der Waals surface area contributed by atoms with Crippen LogP contribution in [0.25, 0.3) is 0 Å². The second kappa shape index (κ2) is 6.04. The first-order valence-electron chi connectivity index (χ1n) is 6.12. The second-order valence-electron chi connectivity index (χ2n) is 4.26. The summed E-state index contributed by atoms with van der Waals surface area (Å²) in [4.78, 5) is 12.3. The molecule has 0 atom stereocenters. The van der Waals surface area contributed by atoms with Crippen LogP contribution >= 0.6 is 0 Å². The van der Waals surface area contributed by atoms with E-state index in [9.17, 15) is 4.79 Å². The van der Waals surface area contributed by atoms with Crippen molar-refractivity contribution in [1.82, 2.24) is 9.78 Å². The Morgan fingerprint density at radius 2 is 2.20 bits per heavy atom. The molecular weight excluding hydrogens is 254 g/mol. The molecule has 1 aromatic carbocycles. The van der Waals surface area contributed by atoms with Crippen LogP contribution in [-0.4, -0.2) is 27.4 Å². The first-order chi connectivity index (χ1) is 9.61. The number of hydrogen-bond donors (Lipinski definition) is 2. The lowest BCUT2D eigenvalue weighted by molar-refractivity contribution is 0.102. The lowest BCUT2D eigenvalue weighted by Gasteiger charge is -2.05. The number of aryl methyl sites for hydroxylation is 2. The maximum Gasteiger partial charge on any atom is 0.257 e. The van der Waals surface area contributed by atoms with Gasteiger partial charge in [0.1, 0.15) is 6.61 Å². The van der Waals surface area contributed by atoms with Crippen molar-refractivity contribution in [3.8, 4) is 11.8 Å². The smallest absolute Gasteiger partial charge is 0.257 e. The molecule has 0 radical (unpaired) electrons. The molecular formula is C15H15N3O2. The van der Waals surface area contributed by atoms with Crippen LogP contribution in [0, 0.1) is 18.8 Å². The number of anilines is 1. The Labute approximate surface area is 117 Å². The Morgan fingerprint density at radius 1 is 1.45 bits per heavy atom. The molecule has 0 aliphatic rings. The van der Waals surface area contributed by atoms with E-state index in [1.54, 1.807) is 42.2 Å². The molecule has 1 amide bonds. The average Bonchev–Trinajstić information content (AvgIpc) is 2.75. The number of amides is 1. The van der Waals surface area contributed by atoms with Gasteiger partial charge in [-0.1, -0.05) is 24.0 Å². The van der Waals surface area contributed by atoms with Crippen LogP contribution in [0.2, 0.25) is 0 Å². The third-order valence-electron chi connectivity index (χ3n) is 2.74. The summed E-state index contributed by atoms with van der Waals surface area (Å²) in [5.41, 5.74) is 2.47. The van der Waals surface area contributed by atoms with E-state index >= 15 is 0 Å². The van der Waals surface area contributed by atoms with Crippen molar-refractivity contribution in [1.29, 1.82) is 0 Å². The van der Waals surface area contributed by atoms with Gasteiger partial charge in [-0.3, -0.25) is 9.48 Å². The van der Waals surface area contributed by atoms with Gasteiger partial charge in [-0.2, -0.15) is 5.10 Å². The van der Waals surface area contributed by atoms with Gasteiger partial charge in [-0.05, 0) is 19.1 Å². The molecule has 102 valence electrons. The van der Waals surface area contributed by atoms with Gasteiger partial charge in [0.05, 0.1) is 16.9 Å². The quantitative estimate of drug-likeness (QED) is 0.808. The number of nitrogens with one attached hydrogen (secondary N) is 1. The van der Waals surface area contributed by atoms with Gasteiger partial charge < -0.3 is 10.4 Å². The highest BCUT2D eigenvalue weighted by Gasteiger charge is 2.12. The number of carbonyl (C=O) groups is 1. The van der Waals surface area contributed by atoms with E-state index in [2.05, 4.69) is 22.3 Å². The maximum absolute atomic E-state index is 12.3. The van der Waals surface area contributed by atoms with E-state index in [1.807, 2.05) is 6.92 Å². The molecule has 2 aromatic rings. The minimum atomic E-state index is -0.246. The summed E-state index contributed by atoms with van der Waals surface area (Å²) in [5, 5.41) is 15.7. The predicted molar refractivity (Wildman–Crippen MR) is 76.3 cm³/mol. The van der Waals surface area contributed by atoms with Crippen molar-refractivity contribution in [2.75, 3.05) is 11.9 Å². The molecule has 1 heterocycles. The fraction of sp³-hybridized carbons (Fsp3) is 0.200. The van der Waals surface area contributed by atoms with Gasteiger partial charge in [0, 0.05) is 18.8 Å². The number of carbonyl (C=O) groups excluding carboxylic acids is 1. The van der Waals surface area contributed by atoms with E-state index < -0.39 is 0 Å². The number of aliphatic hydroxyl groups excluding tert-OH is 1. The van der Waals surface area contributed by atoms with E-state index in [4.69, 9.17) is 5.11 Å². The molecule has 0 aliphatic carbocycles. The molecule has 20 heavy (non-hydrogen) atoms. The SMILES string of the molecule is Cc1nn(C)cc1NC(=O)c1ccccc1C#CCO. The maximum atomic E-state index is 12.3. The Bertz CT molecular complexity index is 693. The van der Waals surface area contributed by atoms with Crippen LogP contribution in [0.15, 0.2) is 30.5 Å². The summed E-state index contributed by atoms with van der Waals surface area (Å²) in [6.45, 7) is 1.59. The van der Waals surface area contributed by atoms with Crippen molar-refractivity contribution in [2.45, 2.75) is 6.92 Å². The molecule has 0 saturated heterocycles. The first kappa shape index (κ1) is 13.8. The van der Waals surface area contributed by atoms with E-state index in [0.717, 1.165) is 5.69 Å². The molecule has 0 aliphatic heterocycles. The molecule has 0 bridgehead atoms.